The Hall–Kier alpha value is -2.74. The first kappa shape index (κ1) is 19.6. The van der Waals surface area contributed by atoms with Crippen molar-refractivity contribution in [1.82, 2.24) is 4.90 Å². The van der Waals surface area contributed by atoms with Gasteiger partial charge in [0.2, 0.25) is 5.78 Å². The number of nitrogens with one attached hydrogen (secondary N) is 1. The summed E-state index contributed by atoms with van der Waals surface area (Å²) in [6, 6.07) is 9.04. The number of carbonyl (C=O) groups excluding carboxylic acids is 1. The van der Waals surface area contributed by atoms with Gasteiger partial charge in [0, 0.05) is 30.8 Å². The highest BCUT2D eigenvalue weighted by Crippen LogP contribution is 2.38. The maximum atomic E-state index is 14.0. The van der Waals surface area contributed by atoms with Crippen molar-refractivity contribution in [3.63, 3.8) is 0 Å². The third-order valence-electron chi connectivity index (χ3n) is 5.50. The van der Waals surface area contributed by atoms with Crippen molar-refractivity contribution in [2.24, 2.45) is 0 Å². The number of nitrogens with zero attached hydrogens (tertiary/aromatic N) is 1. The number of hydrogen-bond acceptors (Lipinski definition) is 5. The van der Waals surface area contributed by atoms with Crippen molar-refractivity contribution in [3.05, 3.63) is 64.7 Å². The predicted octanol–water partition coefficient (Wildman–Crippen LogP) is 0.208. The summed E-state index contributed by atoms with van der Waals surface area (Å²) in [5.41, 5.74) is 1.09. The largest absolute Gasteiger partial charge is 0.872 e. The van der Waals surface area contributed by atoms with Crippen LogP contribution in [0, 0.1) is 5.82 Å². The fraction of sp³-hybridized carbons (Fsp3) is 0.318. The van der Waals surface area contributed by atoms with E-state index in [1.807, 2.05) is 0 Å². The van der Waals surface area contributed by atoms with Gasteiger partial charge in [-0.05, 0) is 18.2 Å². The molecule has 152 valence electrons. The van der Waals surface area contributed by atoms with E-state index in [1.165, 1.54) is 29.2 Å². The summed E-state index contributed by atoms with van der Waals surface area (Å²) >= 11 is 0. The van der Waals surface area contributed by atoms with Crippen LogP contribution >= 0.6 is 0 Å². The van der Waals surface area contributed by atoms with Gasteiger partial charge in [-0.25, -0.2) is 4.39 Å². The van der Waals surface area contributed by atoms with Crippen LogP contribution in [0.2, 0.25) is 0 Å². The van der Waals surface area contributed by atoms with Crippen LogP contribution in [-0.4, -0.2) is 55.1 Å². The van der Waals surface area contributed by atoms with Crippen LogP contribution in [0.5, 0.6) is 11.5 Å². The van der Waals surface area contributed by atoms with Crippen molar-refractivity contribution >= 4 is 11.9 Å². The summed E-state index contributed by atoms with van der Waals surface area (Å²) in [6.07, 6.45) is 1.38. The third-order valence-corrected chi connectivity index (χ3v) is 5.50. The van der Waals surface area contributed by atoms with Crippen LogP contribution in [-0.2, 0) is 6.54 Å². The highest BCUT2D eigenvalue weighted by molar-refractivity contribution is 6.14. The van der Waals surface area contributed by atoms with Crippen molar-refractivity contribution < 1.29 is 29.0 Å². The maximum absolute atomic E-state index is 14.0. The van der Waals surface area contributed by atoms with Gasteiger partial charge >= 0.3 is 0 Å². The van der Waals surface area contributed by atoms with Crippen molar-refractivity contribution in [2.75, 3.05) is 39.3 Å². The molecule has 2 N–H and O–H groups in total. The summed E-state index contributed by atoms with van der Waals surface area (Å²) in [4.78, 5) is 16.1. The van der Waals surface area contributed by atoms with E-state index in [2.05, 4.69) is 4.90 Å². The number of aliphatic hydroxyl groups is 1. The van der Waals surface area contributed by atoms with E-state index in [0.29, 0.717) is 30.0 Å². The molecule has 29 heavy (non-hydrogen) atoms. The van der Waals surface area contributed by atoms with Gasteiger partial charge in [0.25, 0.3) is 0 Å². The van der Waals surface area contributed by atoms with Gasteiger partial charge in [0.1, 0.15) is 18.1 Å². The Morgan fingerprint density at radius 3 is 2.69 bits per heavy atom. The first-order chi connectivity index (χ1) is 14.1. The number of halogens is 1. The van der Waals surface area contributed by atoms with Gasteiger partial charge in [-0.3, -0.25) is 9.69 Å². The Labute approximate surface area is 168 Å². The SMILES string of the molecule is O=C1/C(=C/c2ccccc2F)Oc2c1ccc([O-])c2C[NH+]1CCN(CCO)CC1. The summed E-state index contributed by atoms with van der Waals surface area (Å²) in [6.45, 7) is 4.63. The zero-order chi connectivity index (χ0) is 20.4. The van der Waals surface area contributed by atoms with Crippen molar-refractivity contribution in [2.45, 2.75) is 6.54 Å². The van der Waals surface area contributed by atoms with Gasteiger partial charge in [-0.15, -0.1) is 0 Å². The lowest BCUT2D eigenvalue weighted by atomic mass is 10.0. The first-order valence-corrected chi connectivity index (χ1v) is 9.75. The molecule has 1 saturated heterocycles. The molecule has 0 aromatic heterocycles. The lowest BCUT2D eigenvalue weighted by molar-refractivity contribution is -0.918. The fourth-order valence-corrected chi connectivity index (χ4v) is 3.85. The number of rotatable bonds is 5. The van der Waals surface area contributed by atoms with Crippen molar-refractivity contribution in [1.29, 1.82) is 0 Å². The van der Waals surface area contributed by atoms with Crippen LogP contribution in [0.3, 0.4) is 0 Å². The molecule has 0 saturated carbocycles. The third kappa shape index (κ3) is 4.03. The standard InChI is InChI=1S/C22H23FN2O4/c23-18-4-2-1-3-15(18)13-20-21(28)16-5-6-19(27)17(22(16)29-20)14-25-9-7-24(8-10-25)11-12-26/h1-6,13,26-27H,7-12,14H2/b20-13-. The summed E-state index contributed by atoms with van der Waals surface area (Å²) in [5.74, 6) is -0.612. The van der Waals surface area contributed by atoms with Crippen LogP contribution in [0.15, 0.2) is 42.2 Å². The molecular weight excluding hydrogens is 375 g/mol. The number of quaternary nitrogens is 1. The average molecular weight is 398 g/mol. The Bertz CT molecular complexity index is 952. The number of benzene rings is 2. The Morgan fingerprint density at radius 2 is 1.97 bits per heavy atom. The molecule has 6 nitrogen and oxygen atoms in total. The summed E-state index contributed by atoms with van der Waals surface area (Å²) in [5, 5.41) is 21.6. The smallest absolute Gasteiger partial charge is 0.231 e. The molecule has 2 aromatic carbocycles. The molecule has 0 unspecified atom stereocenters. The lowest BCUT2D eigenvalue weighted by Crippen LogP contribution is -3.13. The van der Waals surface area contributed by atoms with Crippen LogP contribution in [0.4, 0.5) is 4.39 Å². The van der Waals surface area contributed by atoms with Gasteiger partial charge < -0.3 is 19.8 Å². The molecule has 0 spiro atoms. The summed E-state index contributed by atoms with van der Waals surface area (Å²) < 4.78 is 19.7. The second-order valence-electron chi connectivity index (χ2n) is 7.37. The molecule has 7 heteroatoms. The minimum absolute atomic E-state index is 0.0275. The molecule has 2 aliphatic rings. The molecule has 2 aliphatic heterocycles. The number of Topliss-reactive ketones (excluding diaryl/α,β-unsaturated/α-hetero) is 1. The minimum Gasteiger partial charge on any atom is -0.872 e. The van der Waals surface area contributed by atoms with E-state index in [-0.39, 0.29) is 29.5 Å². The van der Waals surface area contributed by atoms with E-state index >= 15 is 0 Å². The minimum atomic E-state index is -0.442. The molecule has 1 fully saturated rings. The Balaban J connectivity index is 1.56. The fourth-order valence-electron chi connectivity index (χ4n) is 3.85. The quantitative estimate of drug-likeness (QED) is 0.704. The predicted molar refractivity (Wildman–Crippen MR) is 103 cm³/mol. The van der Waals surface area contributed by atoms with Crippen LogP contribution in [0.1, 0.15) is 21.5 Å². The van der Waals surface area contributed by atoms with Gasteiger partial charge in [-0.2, -0.15) is 0 Å². The van der Waals surface area contributed by atoms with Gasteiger partial charge in [-0.1, -0.05) is 30.0 Å². The number of ether oxygens (including phenoxy) is 1. The number of ketones is 1. The number of aliphatic hydroxyl groups excluding tert-OH is 1. The molecular formula is C22H23FN2O4. The molecule has 0 radical (unpaired) electrons. The Kier molecular flexibility index (Phi) is 5.62. The van der Waals surface area contributed by atoms with E-state index in [0.717, 1.165) is 26.2 Å². The summed E-state index contributed by atoms with van der Waals surface area (Å²) in [7, 11) is 0. The zero-order valence-electron chi connectivity index (χ0n) is 16.0. The number of β-amino-alcohol motifs (C(OH)–C–C–N with tert-alkyl or cyclic N) is 1. The molecule has 2 aromatic rings. The zero-order valence-corrected chi connectivity index (χ0v) is 16.0. The number of hydrogen-bond donors (Lipinski definition) is 2. The van der Waals surface area contributed by atoms with Crippen LogP contribution in [0.25, 0.3) is 6.08 Å². The molecule has 0 aliphatic carbocycles. The number of carbonyl (C=O) groups is 1. The molecule has 2 heterocycles. The monoisotopic (exact) mass is 398 g/mol. The average Bonchev–Trinajstić information content (AvgIpc) is 3.03. The van der Waals surface area contributed by atoms with Crippen molar-refractivity contribution in [3.8, 4) is 11.5 Å². The number of allylic oxidation sites excluding steroid dienone is 1. The highest BCUT2D eigenvalue weighted by atomic mass is 19.1. The molecule has 0 atom stereocenters. The maximum Gasteiger partial charge on any atom is 0.231 e. The molecule has 4 rings (SSSR count). The van der Waals surface area contributed by atoms with Gasteiger partial charge in [0.15, 0.2) is 5.76 Å². The lowest BCUT2D eigenvalue weighted by Gasteiger charge is -2.32. The normalized spacial score (nSPS) is 18.8. The topological polar surface area (TPSA) is 77.3 Å². The van der Waals surface area contributed by atoms with E-state index < -0.39 is 5.82 Å². The number of piperazine rings is 1. The molecule has 0 bridgehead atoms. The van der Waals surface area contributed by atoms with E-state index in [4.69, 9.17) is 9.84 Å². The van der Waals surface area contributed by atoms with E-state index in [1.54, 1.807) is 18.2 Å². The van der Waals surface area contributed by atoms with E-state index in [9.17, 15) is 14.3 Å². The Morgan fingerprint density at radius 1 is 1.21 bits per heavy atom. The second kappa shape index (κ2) is 8.32. The highest BCUT2D eigenvalue weighted by Gasteiger charge is 2.31. The van der Waals surface area contributed by atoms with Gasteiger partial charge in [0.05, 0.1) is 25.3 Å². The van der Waals surface area contributed by atoms with Crippen LogP contribution < -0.4 is 14.7 Å². The number of fused-ring (bicyclic) bond motifs is 1. The first-order valence-electron chi connectivity index (χ1n) is 9.75. The second-order valence-corrected chi connectivity index (χ2v) is 7.37. The molecule has 0 amide bonds.